The molecule has 6 nitrogen and oxygen atoms in total. The van der Waals surface area contributed by atoms with Crippen LogP contribution in [-0.2, 0) is 4.79 Å². The second-order valence-corrected chi connectivity index (χ2v) is 2.25. The first-order chi connectivity index (χ1) is 6.65. The van der Waals surface area contributed by atoms with E-state index in [1.807, 2.05) is 0 Å². The van der Waals surface area contributed by atoms with Gasteiger partial charge in [0.25, 0.3) is 0 Å². The van der Waals surface area contributed by atoms with Crippen LogP contribution in [0.3, 0.4) is 0 Å². The maximum atomic E-state index is 10.9. The predicted molar refractivity (Wildman–Crippen MR) is 46.7 cm³/mol. The van der Waals surface area contributed by atoms with E-state index in [1.54, 1.807) is 0 Å². The van der Waals surface area contributed by atoms with Crippen molar-refractivity contribution in [3.8, 4) is 11.8 Å². The normalized spacial score (nSPS) is 8.57. The number of hydrogen-bond acceptors (Lipinski definition) is 4. The highest BCUT2D eigenvalue weighted by Gasteiger charge is 2.11. The van der Waals surface area contributed by atoms with E-state index in [0.717, 1.165) is 6.07 Å². The van der Waals surface area contributed by atoms with Gasteiger partial charge in [-0.1, -0.05) is 5.92 Å². The number of hydrogen-bond donors (Lipinski definition) is 1. The Morgan fingerprint density at radius 3 is 2.86 bits per heavy atom. The second-order valence-electron chi connectivity index (χ2n) is 2.25. The Morgan fingerprint density at radius 2 is 2.29 bits per heavy atom. The fourth-order valence-corrected chi connectivity index (χ4v) is 0.792. The fraction of sp³-hybridized carbons (Fsp3) is 0. The third kappa shape index (κ3) is 2.04. The molecular weight excluding hydrogens is 188 g/mol. The molecule has 1 heterocycles. The average molecular weight is 192 g/mol. The number of aromatic nitrogens is 1. The smallest absolute Gasteiger partial charge is 0.322 e. The Kier molecular flexibility index (Phi) is 2.76. The van der Waals surface area contributed by atoms with E-state index in [2.05, 4.69) is 16.8 Å². The van der Waals surface area contributed by atoms with Gasteiger partial charge in [-0.2, -0.15) is 0 Å². The Labute approximate surface area is 77.7 Å². The van der Waals surface area contributed by atoms with E-state index in [9.17, 15) is 19.7 Å². The van der Waals surface area contributed by atoms with Crippen molar-refractivity contribution in [3.05, 3.63) is 38.3 Å². The number of nitrogens with one attached hydrogen (secondary N) is 1. The molecule has 0 saturated heterocycles. The highest BCUT2D eigenvalue weighted by Crippen LogP contribution is 2.04. The molecule has 0 radical (unpaired) electrons. The molecule has 0 fully saturated rings. The van der Waals surface area contributed by atoms with Crippen LogP contribution in [0.5, 0.6) is 0 Å². The number of carbonyl (C=O) groups excluding carboxylic acids is 1. The molecular formula is C8H4N2O4. The van der Waals surface area contributed by atoms with Crippen molar-refractivity contribution in [2.45, 2.75) is 0 Å². The van der Waals surface area contributed by atoms with Crippen LogP contribution in [0.4, 0.5) is 5.69 Å². The van der Waals surface area contributed by atoms with Crippen molar-refractivity contribution >= 4 is 12.0 Å². The summed E-state index contributed by atoms with van der Waals surface area (Å²) in [5.41, 5.74) is -1.18. The summed E-state index contributed by atoms with van der Waals surface area (Å²) >= 11 is 0. The van der Waals surface area contributed by atoms with E-state index in [4.69, 9.17) is 0 Å². The van der Waals surface area contributed by atoms with Crippen molar-refractivity contribution in [2.75, 3.05) is 0 Å². The fourth-order valence-electron chi connectivity index (χ4n) is 0.792. The van der Waals surface area contributed by atoms with Gasteiger partial charge in [-0.15, -0.1) is 0 Å². The highest BCUT2D eigenvalue weighted by atomic mass is 16.6. The molecule has 6 heteroatoms. The molecule has 0 spiro atoms. The lowest BCUT2D eigenvalue weighted by atomic mass is 10.2. The molecule has 0 saturated carbocycles. The minimum atomic E-state index is -0.815. The van der Waals surface area contributed by atoms with Gasteiger partial charge in [-0.3, -0.25) is 19.7 Å². The van der Waals surface area contributed by atoms with Gasteiger partial charge in [0, 0.05) is 17.8 Å². The largest absolute Gasteiger partial charge is 0.335 e. The summed E-state index contributed by atoms with van der Waals surface area (Å²) in [6.45, 7) is 0. The lowest BCUT2D eigenvalue weighted by molar-refractivity contribution is -0.386. The number of carbonyl (C=O) groups is 1. The molecule has 0 aliphatic heterocycles. The molecule has 70 valence electrons. The summed E-state index contributed by atoms with van der Waals surface area (Å²) < 4.78 is 0. The Balaban J connectivity index is 3.26. The number of H-pyrrole nitrogens is 1. The van der Waals surface area contributed by atoms with Crippen molar-refractivity contribution in [1.29, 1.82) is 0 Å². The van der Waals surface area contributed by atoms with Gasteiger partial charge < -0.3 is 4.98 Å². The van der Waals surface area contributed by atoms with Crippen LogP contribution >= 0.6 is 0 Å². The molecule has 1 aromatic heterocycles. The molecule has 0 aromatic carbocycles. The number of aromatic amines is 1. The van der Waals surface area contributed by atoms with Crippen molar-refractivity contribution in [2.24, 2.45) is 0 Å². The minimum absolute atomic E-state index is 0.211. The molecule has 1 rings (SSSR count). The molecule has 0 amide bonds. The molecule has 1 N–H and O–H groups in total. The predicted octanol–water partition coefficient (Wildman–Crippen LogP) is -0.167. The summed E-state index contributed by atoms with van der Waals surface area (Å²) in [6, 6.07) is 1.01. The Hall–Kier alpha value is -2.42. The first-order valence-electron chi connectivity index (χ1n) is 3.47. The van der Waals surface area contributed by atoms with Crippen LogP contribution in [0.2, 0.25) is 0 Å². The summed E-state index contributed by atoms with van der Waals surface area (Å²) in [4.78, 5) is 32.4. The van der Waals surface area contributed by atoms with E-state index < -0.39 is 16.2 Å². The summed E-state index contributed by atoms with van der Waals surface area (Å²) in [5, 5.41) is 10.3. The van der Waals surface area contributed by atoms with Gasteiger partial charge in [0.15, 0.2) is 6.29 Å². The number of nitrogens with zero attached hydrogens (tertiary/aromatic N) is 1. The average Bonchev–Trinajstić information content (AvgIpc) is 2.16. The standard InChI is InChI=1S/C8H4N2O4/c11-3-1-2-6-4-7(10(13)14)8(12)9-5-6/h3-5H,(H,9,12). The number of pyridine rings is 1. The second kappa shape index (κ2) is 4.00. The summed E-state index contributed by atoms with van der Waals surface area (Å²) in [5.74, 6) is 4.40. The lowest BCUT2D eigenvalue weighted by Crippen LogP contribution is -2.10. The Bertz CT molecular complexity index is 492. The number of nitro groups is 1. The topological polar surface area (TPSA) is 93.1 Å². The third-order valence-corrected chi connectivity index (χ3v) is 1.36. The zero-order chi connectivity index (χ0) is 10.6. The van der Waals surface area contributed by atoms with E-state index in [-0.39, 0.29) is 5.56 Å². The van der Waals surface area contributed by atoms with E-state index in [0.29, 0.717) is 6.29 Å². The van der Waals surface area contributed by atoms with Gasteiger partial charge in [-0.05, 0) is 5.92 Å². The zero-order valence-corrected chi connectivity index (χ0v) is 6.81. The van der Waals surface area contributed by atoms with Crippen LogP contribution in [0, 0.1) is 22.0 Å². The number of aldehydes is 1. The first kappa shape index (κ1) is 9.67. The molecule has 1 aromatic rings. The molecule has 0 atom stereocenters. The minimum Gasteiger partial charge on any atom is -0.322 e. The summed E-state index contributed by atoms with van der Waals surface area (Å²) in [6.07, 6.45) is 1.56. The molecule has 0 bridgehead atoms. The van der Waals surface area contributed by atoms with Crippen LogP contribution < -0.4 is 5.56 Å². The van der Waals surface area contributed by atoms with Gasteiger partial charge in [0.2, 0.25) is 0 Å². The van der Waals surface area contributed by atoms with Crippen molar-refractivity contribution in [3.63, 3.8) is 0 Å². The maximum absolute atomic E-state index is 10.9. The molecule has 14 heavy (non-hydrogen) atoms. The first-order valence-corrected chi connectivity index (χ1v) is 3.47. The molecule has 0 unspecified atom stereocenters. The van der Waals surface area contributed by atoms with Crippen molar-refractivity contribution in [1.82, 2.24) is 4.98 Å². The van der Waals surface area contributed by atoms with Gasteiger partial charge in [0.05, 0.1) is 4.92 Å². The monoisotopic (exact) mass is 192 g/mol. The van der Waals surface area contributed by atoms with Gasteiger partial charge >= 0.3 is 11.2 Å². The quantitative estimate of drug-likeness (QED) is 0.289. The van der Waals surface area contributed by atoms with Crippen LogP contribution in [-0.4, -0.2) is 16.2 Å². The number of rotatable bonds is 1. The Morgan fingerprint density at radius 1 is 1.57 bits per heavy atom. The van der Waals surface area contributed by atoms with E-state index in [1.165, 1.54) is 6.20 Å². The van der Waals surface area contributed by atoms with Gasteiger partial charge in [0.1, 0.15) is 0 Å². The maximum Gasteiger partial charge on any atom is 0.335 e. The molecule has 0 aliphatic rings. The van der Waals surface area contributed by atoms with Crippen LogP contribution in [0.1, 0.15) is 5.56 Å². The third-order valence-electron chi connectivity index (χ3n) is 1.36. The zero-order valence-electron chi connectivity index (χ0n) is 6.81. The SMILES string of the molecule is O=CC#Cc1c[nH]c(=O)c([N+](=O)[O-])c1. The molecule has 0 aliphatic carbocycles. The van der Waals surface area contributed by atoms with Gasteiger partial charge in [-0.25, -0.2) is 0 Å². The lowest BCUT2D eigenvalue weighted by Gasteiger charge is -1.90. The van der Waals surface area contributed by atoms with E-state index >= 15 is 0 Å². The van der Waals surface area contributed by atoms with Crippen molar-refractivity contribution < 1.29 is 9.72 Å². The van der Waals surface area contributed by atoms with Crippen LogP contribution in [0.15, 0.2) is 17.1 Å². The van der Waals surface area contributed by atoms with Crippen LogP contribution in [0.25, 0.3) is 0 Å². The summed E-state index contributed by atoms with van der Waals surface area (Å²) in [7, 11) is 0. The highest BCUT2D eigenvalue weighted by molar-refractivity contribution is 5.74.